The first-order valence-corrected chi connectivity index (χ1v) is 12.5. The quantitative estimate of drug-likeness (QED) is 0.443. The predicted octanol–water partition coefficient (Wildman–Crippen LogP) is 3.63. The average molecular weight is 478 g/mol. The highest BCUT2D eigenvalue weighted by molar-refractivity contribution is 7.89. The van der Waals surface area contributed by atoms with Crippen LogP contribution in [0.4, 0.5) is 5.13 Å². The Morgan fingerprint density at radius 2 is 1.81 bits per heavy atom. The van der Waals surface area contributed by atoms with Gasteiger partial charge in [0, 0.05) is 25.8 Å². The Labute approximate surface area is 192 Å². The molecule has 32 heavy (non-hydrogen) atoms. The molecular weight excluding hydrogens is 450 g/mol. The Kier molecular flexibility index (Phi) is 7.83. The summed E-state index contributed by atoms with van der Waals surface area (Å²) < 4.78 is 39.1. The van der Waals surface area contributed by atoms with Gasteiger partial charge in [-0.15, -0.1) is 0 Å². The van der Waals surface area contributed by atoms with Gasteiger partial charge in [-0.3, -0.25) is 9.69 Å². The Balaban J connectivity index is 2.06. The van der Waals surface area contributed by atoms with E-state index in [1.807, 2.05) is 24.3 Å². The lowest BCUT2D eigenvalue weighted by atomic mass is 10.2. The number of carbonyl (C=O) groups is 1. The number of fused-ring (bicyclic) bond motifs is 1. The van der Waals surface area contributed by atoms with E-state index in [2.05, 4.69) is 4.98 Å². The Bertz CT molecular complexity index is 1160. The maximum Gasteiger partial charge on any atom is 0.260 e. The van der Waals surface area contributed by atoms with Crippen LogP contribution in [0.5, 0.6) is 5.75 Å². The lowest BCUT2D eigenvalue weighted by Crippen LogP contribution is -2.34. The number of hydrogen-bond acceptors (Lipinski definition) is 7. The molecule has 1 amide bonds. The van der Waals surface area contributed by atoms with Gasteiger partial charge in [0.1, 0.15) is 10.6 Å². The van der Waals surface area contributed by atoms with Crippen molar-refractivity contribution in [2.24, 2.45) is 0 Å². The van der Waals surface area contributed by atoms with Crippen LogP contribution in [0.15, 0.2) is 47.4 Å². The van der Waals surface area contributed by atoms with Crippen molar-refractivity contribution < 1.29 is 22.7 Å². The summed E-state index contributed by atoms with van der Waals surface area (Å²) in [6.45, 7) is 4.74. The van der Waals surface area contributed by atoms with Gasteiger partial charge in [0.15, 0.2) is 5.13 Å². The number of amides is 1. The van der Waals surface area contributed by atoms with Crippen LogP contribution in [0.1, 0.15) is 24.2 Å². The molecule has 0 saturated heterocycles. The summed E-state index contributed by atoms with van der Waals surface area (Å²) in [5.41, 5.74) is 1.02. The number of benzene rings is 2. The topological polar surface area (TPSA) is 89.0 Å². The van der Waals surface area contributed by atoms with Gasteiger partial charge in [0.2, 0.25) is 10.0 Å². The molecule has 172 valence electrons. The summed E-state index contributed by atoms with van der Waals surface area (Å²) >= 11 is 1.40. The lowest BCUT2D eigenvalue weighted by molar-refractivity contribution is 0.0975. The van der Waals surface area contributed by atoms with E-state index in [1.165, 1.54) is 39.8 Å². The molecule has 3 aromatic rings. The molecule has 2 aromatic carbocycles. The number of rotatable bonds is 10. The number of carbonyl (C=O) groups excluding carboxylic acids is 1. The second-order valence-corrected chi connectivity index (χ2v) is 9.78. The molecule has 0 aliphatic carbocycles. The van der Waals surface area contributed by atoms with E-state index >= 15 is 0 Å². The van der Waals surface area contributed by atoms with Gasteiger partial charge in [0.05, 0.1) is 30.5 Å². The molecule has 8 nitrogen and oxygen atoms in total. The van der Waals surface area contributed by atoms with Crippen LogP contribution in [0.2, 0.25) is 0 Å². The molecule has 1 heterocycles. The Morgan fingerprint density at radius 3 is 2.44 bits per heavy atom. The third kappa shape index (κ3) is 4.78. The largest absolute Gasteiger partial charge is 0.495 e. The fourth-order valence-electron chi connectivity index (χ4n) is 3.31. The molecule has 0 radical (unpaired) electrons. The van der Waals surface area contributed by atoms with Crippen LogP contribution in [-0.4, -0.2) is 64.1 Å². The summed E-state index contributed by atoms with van der Waals surface area (Å²) in [4.78, 5) is 19.6. The minimum atomic E-state index is -3.83. The van der Waals surface area contributed by atoms with Crippen molar-refractivity contribution in [3.8, 4) is 5.75 Å². The van der Waals surface area contributed by atoms with Crippen molar-refractivity contribution in [3.63, 3.8) is 0 Å². The first kappa shape index (κ1) is 24.1. The van der Waals surface area contributed by atoms with Crippen molar-refractivity contribution in [2.45, 2.75) is 18.7 Å². The van der Waals surface area contributed by atoms with E-state index in [9.17, 15) is 13.2 Å². The molecule has 1 aromatic heterocycles. The highest BCUT2D eigenvalue weighted by Crippen LogP contribution is 2.32. The van der Waals surface area contributed by atoms with E-state index in [0.29, 0.717) is 24.8 Å². The summed E-state index contributed by atoms with van der Waals surface area (Å²) in [5, 5.41) is 0.525. The number of aromatic nitrogens is 1. The summed E-state index contributed by atoms with van der Waals surface area (Å²) in [7, 11) is -0.862. The molecule has 0 bridgehead atoms. The number of thiazole rings is 1. The van der Waals surface area contributed by atoms with Gasteiger partial charge in [-0.05, 0) is 30.3 Å². The Morgan fingerprint density at radius 1 is 1.09 bits per heavy atom. The maximum absolute atomic E-state index is 13.5. The van der Waals surface area contributed by atoms with Crippen LogP contribution in [0.25, 0.3) is 10.2 Å². The SMILES string of the molecule is CCN(CC)S(=O)(=O)c1cc(C(=O)N(CCOC)c2nc3ccccc3s2)ccc1OC. The Hall–Kier alpha value is -2.53. The fraction of sp³-hybridized carbons (Fsp3) is 0.364. The summed E-state index contributed by atoms with van der Waals surface area (Å²) in [6, 6.07) is 12.1. The van der Waals surface area contributed by atoms with Gasteiger partial charge in [-0.2, -0.15) is 4.31 Å². The minimum Gasteiger partial charge on any atom is -0.495 e. The monoisotopic (exact) mass is 477 g/mol. The number of para-hydroxylation sites is 1. The molecule has 10 heteroatoms. The number of anilines is 1. The van der Waals surface area contributed by atoms with E-state index in [-0.39, 0.29) is 28.7 Å². The molecule has 0 atom stereocenters. The van der Waals surface area contributed by atoms with Crippen LogP contribution in [-0.2, 0) is 14.8 Å². The molecular formula is C22H27N3O5S2. The number of nitrogens with zero attached hydrogens (tertiary/aromatic N) is 3. The molecule has 0 saturated carbocycles. The van der Waals surface area contributed by atoms with Crippen LogP contribution < -0.4 is 9.64 Å². The summed E-state index contributed by atoms with van der Waals surface area (Å²) in [6.07, 6.45) is 0. The van der Waals surface area contributed by atoms with E-state index in [1.54, 1.807) is 27.0 Å². The van der Waals surface area contributed by atoms with Crippen molar-refractivity contribution in [3.05, 3.63) is 48.0 Å². The van der Waals surface area contributed by atoms with E-state index in [0.717, 1.165) is 10.2 Å². The molecule has 0 spiro atoms. The van der Waals surface area contributed by atoms with Gasteiger partial charge in [-0.1, -0.05) is 37.3 Å². The average Bonchev–Trinajstić information content (AvgIpc) is 3.23. The number of ether oxygens (including phenoxy) is 2. The number of sulfonamides is 1. The zero-order valence-corrected chi connectivity index (χ0v) is 20.2. The van der Waals surface area contributed by atoms with Crippen molar-refractivity contribution in [1.29, 1.82) is 0 Å². The predicted molar refractivity (Wildman–Crippen MR) is 126 cm³/mol. The molecule has 0 N–H and O–H groups in total. The van der Waals surface area contributed by atoms with Crippen molar-refractivity contribution >= 4 is 42.6 Å². The van der Waals surface area contributed by atoms with Crippen molar-refractivity contribution in [1.82, 2.24) is 9.29 Å². The third-order valence-electron chi connectivity index (χ3n) is 5.01. The molecule has 0 aliphatic rings. The zero-order valence-electron chi connectivity index (χ0n) is 18.6. The highest BCUT2D eigenvalue weighted by atomic mass is 32.2. The first-order chi connectivity index (χ1) is 15.4. The first-order valence-electron chi connectivity index (χ1n) is 10.2. The number of methoxy groups -OCH3 is 2. The van der Waals surface area contributed by atoms with Gasteiger partial charge >= 0.3 is 0 Å². The maximum atomic E-state index is 13.5. The zero-order chi connectivity index (χ0) is 23.3. The van der Waals surface area contributed by atoms with E-state index in [4.69, 9.17) is 9.47 Å². The minimum absolute atomic E-state index is 0.0365. The summed E-state index contributed by atoms with van der Waals surface area (Å²) in [5.74, 6) is -0.170. The van der Waals surface area contributed by atoms with Gasteiger partial charge in [-0.25, -0.2) is 13.4 Å². The normalized spacial score (nSPS) is 11.8. The highest BCUT2D eigenvalue weighted by Gasteiger charge is 2.28. The lowest BCUT2D eigenvalue weighted by Gasteiger charge is -2.22. The van der Waals surface area contributed by atoms with E-state index < -0.39 is 10.0 Å². The second-order valence-electron chi connectivity index (χ2n) is 6.87. The van der Waals surface area contributed by atoms with Crippen LogP contribution in [0, 0.1) is 0 Å². The van der Waals surface area contributed by atoms with Crippen molar-refractivity contribution in [2.75, 3.05) is 45.4 Å². The number of hydrogen-bond donors (Lipinski definition) is 0. The fourth-order valence-corrected chi connectivity index (χ4v) is 5.94. The standard InChI is InChI=1S/C22H27N3O5S2/c1-5-24(6-2)32(27,28)20-15-16(11-12-18(20)30-4)21(26)25(13-14-29-3)22-23-17-9-7-8-10-19(17)31-22/h7-12,15H,5-6,13-14H2,1-4H3. The molecule has 0 aliphatic heterocycles. The molecule has 0 fully saturated rings. The smallest absolute Gasteiger partial charge is 0.260 e. The molecule has 0 unspecified atom stereocenters. The molecule has 3 rings (SSSR count). The second kappa shape index (κ2) is 10.4. The van der Waals surface area contributed by atoms with Gasteiger partial charge in [0.25, 0.3) is 5.91 Å². The van der Waals surface area contributed by atoms with Crippen LogP contribution >= 0.6 is 11.3 Å². The third-order valence-corrected chi connectivity index (χ3v) is 8.14. The van der Waals surface area contributed by atoms with Crippen LogP contribution in [0.3, 0.4) is 0 Å². The van der Waals surface area contributed by atoms with Gasteiger partial charge < -0.3 is 9.47 Å².